The van der Waals surface area contributed by atoms with Crippen molar-refractivity contribution >= 4 is 39.0 Å². The Hall–Kier alpha value is -3.42. The van der Waals surface area contributed by atoms with Gasteiger partial charge < -0.3 is 36.6 Å². The lowest BCUT2D eigenvalue weighted by Crippen LogP contribution is -2.54. The highest BCUT2D eigenvalue weighted by atomic mass is 32.1. The van der Waals surface area contributed by atoms with E-state index in [2.05, 4.69) is 20.5 Å². The van der Waals surface area contributed by atoms with E-state index >= 15 is 0 Å². The maximum absolute atomic E-state index is 10.7. The lowest BCUT2D eigenvalue weighted by Gasteiger charge is -2.40. The molecule has 0 amide bonds. The SMILES string of the molecule is Cc1nc(NCC2(N)CCN(c3ccncc3)CC2)nc(N[C@@H]2C[C@H](CO)[C@@H](O)[C@H]2O)c1-c1nc2ccccc2s1. The van der Waals surface area contributed by atoms with Crippen molar-refractivity contribution in [2.75, 3.05) is 41.8 Å². The molecule has 7 N–H and O–H groups in total. The van der Waals surface area contributed by atoms with Gasteiger partial charge >= 0.3 is 0 Å². The Morgan fingerprint density at radius 3 is 2.51 bits per heavy atom. The Morgan fingerprint density at radius 2 is 1.80 bits per heavy atom. The molecule has 4 heterocycles. The van der Waals surface area contributed by atoms with E-state index in [0.717, 1.165) is 58.1 Å². The number of aromatic nitrogens is 4. The molecule has 0 radical (unpaired) electrons. The van der Waals surface area contributed by atoms with E-state index in [1.54, 1.807) is 23.7 Å². The number of nitrogens with zero attached hydrogens (tertiary/aromatic N) is 5. The van der Waals surface area contributed by atoms with Crippen LogP contribution in [0, 0.1) is 12.8 Å². The third kappa shape index (κ3) is 5.70. The zero-order chi connectivity index (χ0) is 28.6. The number of benzene rings is 1. The maximum Gasteiger partial charge on any atom is 0.224 e. The average molecular weight is 577 g/mol. The summed E-state index contributed by atoms with van der Waals surface area (Å²) >= 11 is 1.55. The van der Waals surface area contributed by atoms with Crippen LogP contribution in [-0.4, -0.2) is 85.3 Å². The number of para-hydroxylation sites is 1. The number of rotatable bonds is 8. The van der Waals surface area contributed by atoms with Gasteiger partial charge in [-0.1, -0.05) is 12.1 Å². The van der Waals surface area contributed by atoms with Crippen molar-refractivity contribution in [1.82, 2.24) is 19.9 Å². The van der Waals surface area contributed by atoms with Gasteiger partial charge in [0.15, 0.2) is 0 Å². The van der Waals surface area contributed by atoms with E-state index in [4.69, 9.17) is 20.7 Å². The van der Waals surface area contributed by atoms with Gasteiger partial charge in [-0.2, -0.15) is 4.98 Å². The van der Waals surface area contributed by atoms with Gasteiger partial charge in [0.2, 0.25) is 5.95 Å². The summed E-state index contributed by atoms with van der Waals surface area (Å²) in [6, 6.07) is 11.5. The lowest BCUT2D eigenvalue weighted by molar-refractivity contribution is 0.00446. The van der Waals surface area contributed by atoms with E-state index < -0.39 is 29.7 Å². The summed E-state index contributed by atoms with van der Waals surface area (Å²) in [6.07, 6.45) is 3.58. The second-order valence-corrected chi connectivity index (χ2v) is 12.2. The molecular weight excluding hydrogens is 540 g/mol. The number of aliphatic hydroxyl groups excluding tert-OH is 3. The van der Waals surface area contributed by atoms with Gasteiger partial charge in [0, 0.05) is 55.8 Å². The number of aliphatic hydroxyl groups is 3. The summed E-state index contributed by atoms with van der Waals surface area (Å²) < 4.78 is 1.05. The van der Waals surface area contributed by atoms with Crippen LogP contribution in [0.4, 0.5) is 17.5 Å². The minimum Gasteiger partial charge on any atom is -0.396 e. The van der Waals surface area contributed by atoms with Gasteiger partial charge in [-0.3, -0.25) is 4.98 Å². The third-order valence-corrected chi connectivity index (χ3v) is 9.40. The first kappa shape index (κ1) is 27.7. The van der Waals surface area contributed by atoms with Crippen molar-refractivity contribution < 1.29 is 15.3 Å². The van der Waals surface area contributed by atoms with E-state index in [1.165, 1.54) is 0 Å². The van der Waals surface area contributed by atoms with Crippen LogP contribution < -0.4 is 21.3 Å². The molecule has 11 nitrogen and oxygen atoms in total. The van der Waals surface area contributed by atoms with Gasteiger partial charge in [-0.05, 0) is 50.5 Å². The fourth-order valence-corrected chi connectivity index (χ4v) is 6.88. The molecule has 4 aromatic rings. The fourth-order valence-electron chi connectivity index (χ4n) is 5.81. The van der Waals surface area contributed by atoms with Crippen LogP contribution >= 0.6 is 11.3 Å². The number of aryl methyl sites for hydroxylation is 1. The smallest absolute Gasteiger partial charge is 0.224 e. The van der Waals surface area contributed by atoms with Crippen LogP contribution in [0.1, 0.15) is 25.0 Å². The van der Waals surface area contributed by atoms with Crippen molar-refractivity contribution in [1.29, 1.82) is 0 Å². The Bertz CT molecular complexity index is 1460. The molecule has 4 atom stereocenters. The van der Waals surface area contributed by atoms with Gasteiger partial charge in [0.25, 0.3) is 0 Å². The Morgan fingerprint density at radius 1 is 1.05 bits per heavy atom. The third-order valence-electron chi connectivity index (χ3n) is 8.34. The first-order valence-electron chi connectivity index (χ1n) is 14.0. The van der Waals surface area contributed by atoms with Crippen LogP contribution in [0.3, 0.4) is 0 Å². The molecule has 0 unspecified atom stereocenters. The summed E-state index contributed by atoms with van der Waals surface area (Å²) in [5.41, 5.74) is 9.92. The van der Waals surface area contributed by atoms with Crippen LogP contribution in [0.2, 0.25) is 0 Å². The molecular formula is C29H36N8O3S. The Balaban J connectivity index is 1.24. The van der Waals surface area contributed by atoms with E-state index in [-0.39, 0.29) is 6.61 Å². The highest BCUT2D eigenvalue weighted by Gasteiger charge is 2.41. The second kappa shape index (κ2) is 11.5. The fraction of sp³-hybridized carbons (Fsp3) is 0.448. The van der Waals surface area contributed by atoms with Crippen molar-refractivity contribution in [3.8, 4) is 10.6 Å². The standard InChI is InChI=1S/C29H36N8O3S/c1-17-23(27-35-20-4-2-3-5-22(20)41-27)26(34-21-14-18(15-38)24(39)25(21)40)36-28(33-17)32-16-29(30)8-12-37(13-9-29)19-6-10-31-11-7-19/h2-7,10-11,18,21,24-25,38-40H,8-9,12-16,30H2,1H3,(H2,32,33,34,36)/t18-,21-,24-,25+/m1/s1. The molecule has 0 spiro atoms. The molecule has 1 aromatic carbocycles. The van der Waals surface area contributed by atoms with E-state index in [9.17, 15) is 15.3 Å². The number of pyridine rings is 1. The summed E-state index contributed by atoms with van der Waals surface area (Å²) in [5, 5.41) is 38.3. The molecule has 1 aliphatic heterocycles. The number of thiazole rings is 1. The largest absolute Gasteiger partial charge is 0.396 e. The van der Waals surface area contributed by atoms with Crippen molar-refractivity contribution in [2.45, 2.75) is 50.0 Å². The molecule has 1 aliphatic carbocycles. The first-order valence-corrected chi connectivity index (χ1v) is 14.8. The quantitative estimate of drug-likeness (QED) is 0.182. The number of anilines is 3. The molecule has 216 valence electrons. The van der Waals surface area contributed by atoms with E-state index in [1.807, 2.05) is 43.3 Å². The molecule has 2 fully saturated rings. The van der Waals surface area contributed by atoms with Crippen molar-refractivity contribution in [3.05, 3.63) is 54.5 Å². The summed E-state index contributed by atoms with van der Waals surface area (Å²) in [7, 11) is 0. The lowest BCUT2D eigenvalue weighted by atomic mass is 9.88. The van der Waals surface area contributed by atoms with Crippen LogP contribution in [-0.2, 0) is 0 Å². The van der Waals surface area contributed by atoms with Gasteiger partial charge in [0.05, 0.1) is 33.6 Å². The minimum atomic E-state index is -1.04. The Kier molecular flexibility index (Phi) is 7.75. The number of hydrogen-bond acceptors (Lipinski definition) is 12. The van der Waals surface area contributed by atoms with Crippen LogP contribution in [0.25, 0.3) is 20.8 Å². The second-order valence-electron chi connectivity index (χ2n) is 11.2. The number of piperidine rings is 1. The molecule has 12 heteroatoms. The highest BCUT2D eigenvalue weighted by Crippen LogP contribution is 2.38. The number of nitrogens with two attached hydrogens (primary N) is 1. The van der Waals surface area contributed by atoms with Crippen molar-refractivity contribution in [2.24, 2.45) is 11.7 Å². The molecule has 41 heavy (non-hydrogen) atoms. The summed E-state index contributed by atoms with van der Waals surface area (Å²) in [4.78, 5) is 20.9. The van der Waals surface area contributed by atoms with Crippen molar-refractivity contribution in [3.63, 3.8) is 0 Å². The van der Waals surface area contributed by atoms with Gasteiger partial charge in [0.1, 0.15) is 16.9 Å². The number of nitrogens with one attached hydrogen (secondary N) is 2. The highest BCUT2D eigenvalue weighted by molar-refractivity contribution is 7.21. The molecule has 1 saturated carbocycles. The summed E-state index contributed by atoms with van der Waals surface area (Å²) in [6.45, 7) is 3.92. The van der Waals surface area contributed by atoms with Crippen LogP contribution in [0.5, 0.6) is 0 Å². The topological polar surface area (TPSA) is 166 Å². The molecule has 1 saturated heterocycles. The monoisotopic (exact) mass is 576 g/mol. The Labute approximate surface area is 242 Å². The molecule has 3 aromatic heterocycles. The predicted molar refractivity (Wildman–Crippen MR) is 161 cm³/mol. The first-order chi connectivity index (χ1) is 19.8. The van der Waals surface area contributed by atoms with E-state index in [0.29, 0.717) is 24.7 Å². The summed E-state index contributed by atoms with van der Waals surface area (Å²) in [5.74, 6) is 0.541. The molecule has 6 rings (SSSR count). The zero-order valence-electron chi connectivity index (χ0n) is 22.9. The van der Waals surface area contributed by atoms with Gasteiger partial charge in [-0.15, -0.1) is 11.3 Å². The predicted octanol–water partition coefficient (Wildman–Crippen LogP) is 2.38. The molecule has 2 aliphatic rings. The number of hydrogen-bond donors (Lipinski definition) is 6. The maximum atomic E-state index is 10.7. The van der Waals surface area contributed by atoms with Gasteiger partial charge in [-0.25, -0.2) is 9.97 Å². The van der Waals surface area contributed by atoms with Crippen LogP contribution in [0.15, 0.2) is 48.8 Å². The molecule has 0 bridgehead atoms. The normalized spacial score (nSPS) is 24.1. The zero-order valence-corrected chi connectivity index (χ0v) is 23.8. The minimum absolute atomic E-state index is 0.200. The number of fused-ring (bicyclic) bond motifs is 1. The average Bonchev–Trinajstić information content (AvgIpc) is 3.53.